The number of benzene rings is 3. The van der Waals surface area contributed by atoms with Crippen molar-refractivity contribution in [2.75, 3.05) is 67.2 Å². The second-order valence-electron chi connectivity index (χ2n) is 10.1. The van der Waals surface area contributed by atoms with E-state index in [2.05, 4.69) is 9.80 Å². The number of aliphatic hydroxyl groups is 1. The molecule has 0 radical (unpaired) electrons. The Hall–Kier alpha value is -3.60. The van der Waals surface area contributed by atoms with E-state index >= 15 is 0 Å². The first-order chi connectivity index (χ1) is 19.3. The average Bonchev–Trinajstić information content (AvgIpc) is 3.08. The van der Waals surface area contributed by atoms with Gasteiger partial charge in [-0.25, -0.2) is 4.79 Å². The van der Waals surface area contributed by atoms with Crippen LogP contribution in [0, 0.1) is 0 Å². The molecule has 7 nitrogen and oxygen atoms in total. The molecule has 0 atom stereocenters. The van der Waals surface area contributed by atoms with Gasteiger partial charge < -0.3 is 10.0 Å². The van der Waals surface area contributed by atoms with E-state index in [4.69, 9.17) is 5.11 Å². The van der Waals surface area contributed by atoms with Gasteiger partial charge in [-0.2, -0.15) is 13.2 Å². The number of halogens is 3. The third-order valence-electron chi connectivity index (χ3n) is 7.55. The minimum atomic E-state index is -4.54. The maximum atomic E-state index is 14.1. The van der Waals surface area contributed by atoms with E-state index in [0.717, 1.165) is 50.4 Å². The molecule has 0 aromatic heterocycles. The number of anilines is 4. The summed E-state index contributed by atoms with van der Waals surface area (Å²) < 4.78 is 41.2. The SMILES string of the molecule is CCN1CN(c2ccc(CN3CCN(CCO)CC3)cc2)C(=O)N(c2ccccc2)c2cc(C(F)(F)F)ccc21. The molecule has 2 amide bonds. The van der Waals surface area contributed by atoms with Crippen molar-refractivity contribution in [2.45, 2.75) is 19.6 Å². The van der Waals surface area contributed by atoms with E-state index in [0.29, 0.717) is 30.2 Å². The lowest BCUT2D eigenvalue weighted by Crippen LogP contribution is -2.46. The van der Waals surface area contributed by atoms with Crippen LogP contribution in [0.5, 0.6) is 0 Å². The van der Waals surface area contributed by atoms with Crippen molar-refractivity contribution >= 4 is 28.8 Å². The highest BCUT2D eigenvalue weighted by molar-refractivity contribution is 6.11. The highest BCUT2D eigenvalue weighted by atomic mass is 19.4. The Bertz CT molecular complexity index is 1290. The third kappa shape index (κ3) is 5.94. The van der Waals surface area contributed by atoms with Gasteiger partial charge in [0, 0.05) is 51.5 Å². The molecule has 2 heterocycles. The molecular weight excluding hydrogens is 519 g/mol. The number of amides is 2. The van der Waals surface area contributed by atoms with Crippen LogP contribution in [0.1, 0.15) is 18.1 Å². The van der Waals surface area contributed by atoms with Gasteiger partial charge in [-0.1, -0.05) is 30.3 Å². The molecule has 1 fully saturated rings. The fourth-order valence-electron chi connectivity index (χ4n) is 5.32. The molecule has 0 spiro atoms. The molecule has 40 heavy (non-hydrogen) atoms. The number of nitrogens with zero attached hydrogens (tertiary/aromatic N) is 5. The predicted molar refractivity (Wildman–Crippen MR) is 151 cm³/mol. The lowest BCUT2D eigenvalue weighted by Gasteiger charge is -2.34. The number of aliphatic hydroxyl groups excluding tert-OH is 1. The molecule has 1 saturated heterocycles. The molecule has 2 aliphatic heterocycles. The van der Waals surface area contributed by atoms with E-state index in [1.807, 2.05) is 36.1 Å². The largest absolute Gasteiger partial charge is 0.416 e. The van der Waals surface area contributed by atoms with Crippen LogP contribution in [0.25, 0.3) is 0 Å². The van der Waals surface area contributed by atoms with Gasteiger partial charge in [-0.15, -0.1) is 0 Å². The summed E-state index contributed by atoms with van der Waals surface area (Å²) in [6.45, 7) is 7.94. The smallest absolute Gasteiger partial charge is 0.395 e. The molecule has 0 saturated carbocycles. The Balaban J connectivity index is 1.44. The number of hydrogen-bond donors (Lipinski definition) is 1. The van der Waals surface area contributed by atoms with Gasteiger partial charge in [-0.3, -0.25) is 19.6 Å². The number of rotatable bonds is 7. The Morgan fingerprint density at radius 1 is 0.825 bits per heavy atom. The number of β-amino-alcohol motifs (C(OH)–C–C–N with tert-alkyl or cyclic N) is 1. The summed E-state index contributed by atoms with van der Waals surface area (Å²) in [5.74, 6) is 0. The lowest BCUT2D eigenvalue weighted by molar-refractivity contribution is -0.137. The van der Waals surface area contributed by atoms with E-state index in [9.17, 15) is 18.0 Å². The maximum absolute atomic E-state index is 14.1. The molecule has 0 unspecified atom stereocenters. The quantitative estimate of drug-likeness (QED) is 0.426. The second kappa shape index (κ2) is 11.9. The van der Waals surface area contributed by atoms with Crippen molar-refractivity contribution in [1.82, 2.24) is 9.80 Å². The summed E-state index contributed by atoms with van der Waals surface area (Å²) in [6.07, 6.45) is -4.54. The van der Waals surface area contributed by atoms with E-state index in [-0.39, 0.29) is 19.0 Å². The Morgan fingerprint density at radius 2 is 1.50 bits per heavy atom. The van der Waals surface area contributed by atoms with E-state index in [1.165, 1.54) is 11.0 Å². The van der Waals surface area contributed by atoms with Crippen molar-refractivity contribution in [3.63, 3.8) is 0 Å². The molecule has 10 heteroatoms. The van der Waals surface area contributed by atoms with Crippen molar-refractivity contribution in [3.05, 3.63) is 83.9 Å². The van der Waals surface area contributed by atoms with Gasteiger partial charge >= 0.3 is 12.2 Å². The summed E-state index contributed by atoms with van der Waals surface area (Å²) >= 11 is 0. The van der Waals surface area contributed by atoms with Crippen LogP contribution < -0.4 is 14.7 Å². The molecular formula is C30H34F3N5O2. The first-order valence-electron chi connectivity index (χ1n) is 13.6. The first-order valence-corrected chi connectivity index (χ1v) is 13.6. The van der Waals surface area contributed by atoms with Crippen LogP contribution in [-0.2, 0) is 12.7 Å². The van der Waals surface area contributed by atoms with Gasteiger partial charge in [-0.05, 0) is 55.0 Å². The second-order valence-corrected chi connectivity index (χ2v) is 10.1. The van der Waals surface area contributed by atoms with Crippen LogP contribution in [0.2, 0.25) is 0 Å². The Labute approximate surface area is 232 Å². The standard InChI is InChI=1S/C30H34F3N5O2/c1-2-36-22-37(25-11-8-23(9-12-25)21-35-16-14-34(15-17-35)18-19-39)29(40)38(26-6-4-3-5-7-26)28-20-24(30(31,32)33)10-13-27(28)36/h3-13,20,39H,2,14-19,21-22H2,1H3. The Kier molecular flexibility index (Phi) is 8.30. The number of urea groups is 1. The molecule has 5 rings (SSSR count). The number of alkyl halides is 3. The highest BCUT2D eigenvalue weighted by Gasteiger charge is 2.37. The van der Waals surface area contributed by atoms with Crippen molar-refractivity contribution in [3.8, 4) is 0 Å². The summed E-state index contributed by atoms with van der Waals surface area (Å²) in [6, 6.07) is 19.8. The minimum Gasteiger partial charge on any atom is -0.395 e. The van der Waals surface area contributed by atoms with Gasteiger partial charge in [0.1, 0.15) is 0 Å². The van der Waals surface area contributed by atoms with E-state index in [1.54, 1.807) is 35.2 Å². The fourth-order valence-corrected chi connectivity index (χ4v) is 5.32. The van der Waals surface area contributed by atoms with Crippen LogP contribution >= 0.6 is 0 Å². The topological polar surface area (TPSA) is 53.5 Å². The zero-order chi connectivity index (χ0) is 28.3. The molecule has 3 aromatic rings. The number of para-hydroxylation sites is 1. The number of carbonyl (C=O) groups excluding carboxylic acids is 1. The molecule has 1 N–H and O–H groups in total. The minimum absolute atomic E-state index is 0.169. The maximum Gasteiger partial charge on any atom is 0.416 e. The average molecular weight is 554 g/mol. The summed E-state index contributed by atoms with van der Waals surface area (Å²) in [5, 5.41) is 9.16. The third-order valence-corrected chi connectivity index (χ3v) is 7.55. The van der Waals surface area contributed by atoms with Gasteiger partial charge in [0.15, 0.2) is 0 Å². The van der Waals surface area contributed by atoms with Gasteiger partial charge in [0.05, 0.1) is 35.9 Å². The molecule has 2 aliphatic rings. The van der Waals surface area contributed by atoms with E-state index < -0.39 is 17.8 Å². The molecule has 3 aromatic carbocycles. The summed E-state index contributed by atoms with van der Waals surface area (Å²) in [5.41, 5.74) is 2.25. The predicted octanol–water partition coefficient (Wildman–Crippen LogP) is 5.38. The zero-order valence-electron chi connectivity index (χ0n) is 22.5. The fraction of sp³-hybridized carbons (Fsp3) is 0.367. The zero-order valence-corrected chi connectivity index (χ0v) is 22.5. The Morgan fingerprint density at radius 3 is 2.12 bits per heavy atom. The van der Waals surface area contributed by atoms with Crippen LogP contribution in [0.15, 0.2) is 72.8 Å². The lowest BCUT2D eigenvalue weighted by atomic mass is 10.1. The van der Waals surface area contributed by atoms with Crippen LogP contribution in [0.3, 0.4) is 0 Å². The number of fused-ring (bicyclic) bond motifs is 1. The molecule has 212 valence electrons. The first kappa shape index (κ1) is 27.9. The van der Waals surface area contributed by atoms with Crippen molar-refractivity contribution in [2.24, 2.45) is 0 Å². The normalized spacial score (nSPS) is 17.2. The summed E-state index contributed by atoms with van der Waals surface area (Å²) in [7, 11) is 0. The van der Waals surface area contributed by atoms with Crippen LogP contribution in [0.4, 0.5) is 40.7 Å². The van der Waals surface area contributed by atoms with Crippen molar-refractivity contribution in [1.29, 1.82) is 0 Å². The number of piperazine rings is 1. The van der Waals surface area contributed by atoms with Crippen LogP contribution in [-0.4, -0.2) is 73.5 Å². The van der Waals surface area contributed by atoms with Gasteiger partial charge in [0.2, 0.25) is 0 Å². The van der Waals surface area contributed by atoms with Gasteiger partial charge in [0.25, 0.3) is 0 Å². The number of carbonyl (C=O) groups is 1. The molecule has 0 aliphatic carbocycles. The number of hydrogen-bond acceptors (Lipinski definition) is 5. The van der Waals surface area contributed by atoms with Crippen molar-refractivity contribution < 1.29 is 23.1 Å². The summed E-state index contributed by atoms with van der Waals surface area (Å²) in [4.78, 5) is 23.6. The highest BCUT2D eigenvalue weighted by Crippen LogP contribution is 2.42. The monoisotopic (exact) mass is 553 g/mol. The molecule has 0 bridgehead atoms.